The molecule has 1 N–H and O–H groups in total. The highest BCUT2D eigenvalue weighted by Crippen LogP contribution is 2.24. The van der Waals surface area contributed by atoms with Gasteiger partial charge in [-0.2, -0.15) is 0 Å². The van der Waals surface area contributed by atoms with Gasteiger partial charge in [-0.15, -0.1) is 0 Å². The van der Waals surface area contributed by atoms with Gasteiger partial charge in [0.1, 0.15) is 0 Å². The van der Waals surface area contributed by atoms with Gasteiger partial charge in [-0.25, -0.2) is 4.98 Å². The van der Waals surface area contributed by atoms with Crippen molar-refractivity contribution in [3.63, 3.8) is 0 Å². The molecule has 3 aromatic rings. The van der Waals surface area contributed by atoms with Crippen molar-refractivity contribution >= 4 is 21.6 Å². The quantitative estimate of drug-likeness (QED) is 0.701. The number of benzene rings is 2. The van der Waals surface area contributed by atoms with Crippen molar-refractivity contribution in [2.75, 3.05) is 5.32 Å². The van der Waals surface area contributed by atoms with Crippen LogP contribution in [0.2, 0.25) is 0 Å². The number of halogens is 1. The summed E-state index contributed by atoms with van der Waals surface area (Å²) in [6.07, 6.45) is 3.16. The predicted octanol–water partition coefficient (Wildman–Crippen LogP) is 5.28. The first-order chi connectivity index (χ1) is 10.2. The third-order valence-electron chi connectivity index (χ3n) is 3.33. The van der Waals surface area contributed by atoms with E-state index in [-0.39, 0.29) is 6.04 Å². The summed E-state index contributed by atoms with van der Waals surface area (Å²) in [6.45, 7) is 2.14. The molecule has 1 heterocycles. The monoisotopic (exact) mass is 342 g/mol. The van der Waals surface area contributed by atoms with Crippen molar-refractivity contribution in [3.8, 4) is 11.3 Å². The van der Waals surface area contributed by atoms with E-state index in [9.17, 15) is 0 Å². The second-order valence-electron chi connectivity index (χ2n) is 4.86. The lowest BCUT2D eigenvalue weighted by molar-refractivity contribution is 0.572. The van der Waals surface area contributed by atoms with Crippen LogP contribution in [0.5, 0.6) is 0 Å². The van der Waals surface area contributed by atoms with Crippen molar-refractivity contribution in [3.05, 3.63) is 71.2 Å². The van der Waals surface area contributed by atoms with Gasteiger partial charge in [0.15, 0.2) is 12.2 Å². The Kier molecular flexibility index (Phi) is 4.06. The van der Waals surface area contributed by atoms with Crippen molar-refractivity contribution < 1.29 is 4.42 Å². The summed E-state index contributed by atoms with van der Waals surface area (Å²) in [4.78, 5) is 3.93. The number of nitrogens with zero attached hydrogens (tertiary/aromatic N) is 1. The molecule has 2 aromatic carbocycles. The highest BCUT2D eigenvalue weighted by Gasteiger charge is 2.06. The number of hydrogen-bond donors (Lipinski definition) is 1. The van der Waals surface area contributed by atoms with E-state index in [1.165, 1.54) is 12.0 Å². The molecule has 1 unspecified atom stereocenters. The highest BCUT2D eigenvalue weighted by atomic mass is 79.9. The third kappa shape index (κ3) is 3.34. The van der Waals surface area contributed by atoms with E-state index < -0.39 is 0 Å². The number of hydrogen-bond acceptors (Lipinski definition) is 3. The molecule has 1 aromatic heterocycles. The van der Waals surface area contributed by atoms with Gasteiger partial charge in [0.2, 0.25) is 0 Å². The van der Waals surface area contributed by atoms with E-state index in [0.29, 0.717) is 0 Å². The van der Waals surface area contributed by atoms with E-state index in [0.717, 1.165) is 21.5 Å². The molecule has 21 heavy (non-hydrogen) atoms. The van der Waals surface area contributed by atoms with Crippen LogP contribution >= 0.6 is 15.9 Å². The van der Waals surface area contributed by atoms with Crippen LogP contribution in [0.15, 0.2) is 70.0 Å². The van der Waals surface area contributed by atoms with Crippen molar-refractivity contribution in [1.82, 2.24) is 4.98 Å². The number of rotatable bonds is 4. The first-order valence-electron chi connectivity index (χ1n) is 6.73. The summed E-state index contributed by atoms with van der Waals surface area (Å²) in [7, 11) is 0. The van der Waals surface area contributed by atoms with Crippen molar-refractivity contribution in [2.45, 2.75) is 13.0 Å². The third-order valence-corrected chi connectivity index (χ3v) is 3.83. The average Bonchev–Trinajstić information content (AvgIpc) is 3.02. The Morgan fingerprint density at radius 3 is 2.62 bits per heavy atom. The van der Waals surface area contributed by atoms with Crippen LogP contribution in [0.4, 0.5) is 5.69 Å². The minimum atomic E-state index is 0.235. The second kappa shape index (κ2) is 6.14. The van der Waals surface area contributed by atoms with Crippen LogP contribution in [-0.2, 0) is 0 Å². The molecule has 0 fully saturated rings. The van der Waals surface area contributed by atoms with Crippen LogP contribution in [0.1, 0.15) is 18.5 Å². The molecule has 0 aliphatic rings. The minimum absolute atomic E-state index is 0.235. The van der Waals surface area contributed by atoms with Gasteiger partial charge in [-0.3, -0.25) is 0 Å². The molecule has 106 valence electrons. The minimum Gasteiger partial charge on any atom is -0.444 e. The van der Waals surface area contributed by atoms with E-state index in [1.807, 2.05) is 36.4 Å². The summed E-state index contributed by atoms with van der Waals surface area (Å²) in [6, 6.07) is 16.7. The zero-order valence-corrected chi connectivity index (χ0v) is 13.2. The molecule has 3 nitrogen and oxygen atoms in total. The Balaban J connectivity index is 1.73. The van der Waals surface area contributed by atoms with Crippen LogP contribution in [0.25, 0.3) is 11.3 Å². The standard InChI is InChI=1S/C17H15BrN2O/c1-12(14-3-2-4-15(18)9-14)20-16-7-5-13(6-8-16)17-10-19-11-21-17/h2-12,20H,1H3. The number of anilines is 1. The molecule has 0 spiro atoms. The lowest BCUT2D eigenvalue weighted by atomic mass is 10.1. The lowest BCUT2D eigenvalue weighted by Gasteiger charge is -2.16. The van der Waals surface area contributed by atoms with E-state index in [4.69, 9.17) is 4.42 Å². The fourth-order valence-electron chi connectivity index (χ4n) is 2.20. The molecular weight excluding hydrogens is 328 g/mol. The Hall–Kier alpha value is -2.07. The summed E-state index contributed by atoms with van der Waals surface area (Å²) >= 11 is 3.50. The van der Waals surface area contributed by atoms with E-state index >= 15 is 0 Å². The summed E-state index contributed by atoms with van der Waals surface area (Å²) < 4.78 is 6.38. The predicted molar refractivity (Wildman–Crippen MR) is 88.1 cm³/mol. The molecule has 4 heteroatoms. The Bertz CT molecular complexity index is 708. The van der Waals surface area contributed by atoms with Crippen LogP contribution in [0, 0.1) is 0 Å². The fraction of sp³-hybridized carbons (Fsp3) is 0.118. The maximum atomic E-state index is 5.29. The molecule has 0 aliphatic heterocycles. The van der Waals surface area contributed by atoms with Crippen molar-refractivity contribution in [1.29, 1.82) is 0 Å². The Labute approximate surface area is 132 Å². The van der Waals surface area contributed by atoms with Gasteiger partial charge >= 0.3 is 0 Å². The van der Waals surface area contributed by atoms with Gasteiger partial charge in [0.25, 0.3) is 0 Å². The molecule has 0 amide bonds. The second-order valence-corrected chi connectivity index (χ2v) is 5.78. The van der Waals surface area contributed by atoms with Gasteiger partial charge < -0.3 is 9.73 Å². The zero-order valence-electron chi connectivity index (χ0n) is 11.6. The molecule has 0 aliphatic carbocycles. The molecule has 3 rings (SSSR count). The van der Waals surface area contributed by atoms with E-state index in [2.05, 4.69) is 45.3 Å². The first kappa shape index (κ1) is 13.9. The number of aromatic nitrogens is 1. The maximum Gasteiger partial charge on any atom is 0.181 e. The largest absolute Gasteiger partial charge is 0.444 e. The van der Waals surface area contributed by atoms with Gasteiger partial charge in [-0.1, -0.05) is 28.1 Å². The van der Waals surface area contributed by atoms with Crippen LogP contribution < -0.4 is 5.32 Å². The van der Waals surface area contributed by atoms with E-state index in [1.54, 1.807) is 6.20 Å². The summed E-state index contributed by atoms with van der Waals surface area (Å²) in [5.74, 6) is 0.779. The summed E-state index contributed by atoms with van der Waals surface area (Å²) in [5.41, 5.74) is 3.34. The number of oxazole rings is 1. The molecule has 0 bridgehead atoms. The average molecular weight is 343 g/mol. The Morgan fingerprint density at radius 1 is 1.14 bits per heavy atom. The lowest BCUT2D eigenvalue weighted by Crippen LogP contribution is -2.06. The van der Waals surface area contributed by atoms with Crippen LogP contribution in [-0.4, -0.2) is 4.98 Å². The molecular formula is C17H15BrN2O. The molecule has 0 saturated heterocycles. The molecule has 0 radical (unpaired) electrons. The maximum absolute atomic E-state index is 5.29. The van der Waals surface area contributed by atoms with Crippen molar-refractivity contribution in [2.24, 2.45) is 0 Å². The number of nitrogens with one attached hydrogen (secondary N) is 1. The zero-order chi connectivity index (χ0) is 14.7. The Morgan fingerprint density at radius 2 is 1.95 bits per heavy atom. The van der Waals surface area contributed by atoms with Gasteiger partial charge in [-0.05, 0) is 48.9 Å². The molecule has 1 atom stereocenters. The van der Waals surface area contributed by atoms with Gasteiger partial charge in [0, 0.05) is 21.8 Å². The van der Waals surface area contributed by atoms with Crippen LogP contribution in [0.3, 0.4) is 0 Å². The van der Waals surface area contributed by atoms with Gasteiger partial charge in [0.05, 0.1) is 6.20 Å². The topological polar surface area (TPSA) is 38.1 Å². The highest BCUT2D eigenvalue weighted by molar-refractivity contribution is 9.10. The smallest absolute Gasteiger partial charge is 0.181 e. The summed E-state index contributed by atoms with van der Waals surface area (Å²) in [5, 5.41) is 3.49. The normalized spacial score (nSPS) is 12.1. The molecule has 0 saturated carbocycles. The SMILES string of the molecule is CC(Nc1ccc(-c2cnco2)cc1)c1cccc(Br)c1. The first-order valence-corrected chi connectivity index (χ1v) is 7.52. The fourth-order valence-corrected chi connectivity index (χ4v) is 2.62.